The van der Waals surface area contributed by atoms with Gasteiger partial charge in [0.25, 0.3) is 0 Å². The highest BCUT2D eigenvalue weighted by Crippen LogP contribution is 2.30. The van der Waals surface area contributed by atoms with Gasteiger partial charge in [0.2, 0.25) is 0 Å². The van der Waals surface area contributed by atoms with E-state index in [9.17, 15) is 22.8 Å². The summed E-state index contributed by atoms with van der Waals surface area (Å²) in [4.78, 5) is 28.2. The number of halogens is 3. The number of ether oxygens (including phenoxy) is 1. The quantitative estimate of drug-likeness (QED) is 0.846. The molecule has 24 heavy (non-hydrogen) atoms. The van der Waals surface area contributed by atoms with Crippen LogP contribution in [0.3, 0.4) is 0 Å². The summed E-state index contributed by atoms with van der Waals surface area (Å²) >= 11 is 0. The fraction of sp³-hybridized carbons (Fsp3) is 0.467. The van der Waals surface area contributed by atoms with Crippen LogP contribution in [0.5, 0.6) is 0 Å². The molecule has 130 valence electrons. The van der Waals surface area contributed by atoms with E-state index in [-0.39, 0.29) is 17.6 Å². The van der Waals surface area contributed by atoms with Crippen molar-refractivity contribution in [3.8, 4) is 0 Å². The SMILES string of the molecule is O=c1[nH]c2cc(C(F)(F)F)ccc2n(CCN2CCOCC2)c1=O. The summed E-state index contributed by atoms with van der Waals surface area (Å²) < 4.78 is 44.9. The van der Waals surface area contributed by atoms with Crippen molar-refractivity contribution in [1.82, 2.24) is 14.5 Å². The highest BCUT2D eigenvalue weighted by molar-refractivity contribution is 5.75. The molecule has 2 aromatic rings. The third kappa shape index (κ3) is 3.36. The summed E-state index contributed by atoms with van der Waals surface area (Å²) in [7, 11) is 0. The summed E-state index contributed by atoms with van der Waals surface area (Å²) in [5.74, 6) is 0. The largest absolute Gasteiger partial charge is 0.416 e. The molecule has 1 aromatic carbocycles. The third-order valence-corrected chi connectivity index (χ3v) is 4.05. The molecule has 1 fully saturated rings. The van der Waals surface area contributed by atoms with Crippen LogP contribution < -0.4 is 11.1 Å². The second-order valence-corrected chi connectivity index (χ2v) is 5.59. The van der Waals surface area contributed by atoms with Crippen molar-refractivity contribution in [2.45, 2.75) is 12.7 Å². The van der Waals surface area contributed by atoms with Crippen molar-refractivity contribution in [3.63, 3.8) is 0 Å². The van der Waals surface area contributed by atoms with E-state index >= 15 is 0 Å². The van der Waals surface area contributed by atoms with Crippen molar-refractivity contribution in [3.05, 3.63) is 44.5 Å². The van der Waals surface area contributed by atoms with Gasteiger partial charge < -0.3 is 14.3 Å². The number of hydrogen-bond donors (Lipinski definition) is 1. The van der Waals surface area contributed by atoms with Crippen LogP contribution in [0.4, 0.5) is 13.2 Å². The maximum Gasteiger partial charge on any atom is 0.416 e. The number of alkyl halides is 3. The van der Waals surface area contributed by atoms with E-state index in [0.29, 0.717) is 32.8 Å². The van der Waals surface area contributed by atoms with Crippen LogP contribution in [-0.4, -0.2) is 47.3 Å². The van der Waals surface area contributed by atoms with Crippen LogP contribution in [0.25, 0.3) is 11.0 Å². The molecule has 0 radical (unpaired) electrons. The minimum Gasteiger partial charge on any atom is -0.379 e. The van der Waals surface area contributed by atoms with Gasteiger partial charge in [-0.1, -0.05) is 0 Å². The smallest absolute Gasteiger partial charge is 0.379 e. The van der Waals surface area contributed by atoms with Crippen molar-refractivity contribution < 1.29 is 17.9 Å². The molecular weight excluding hydrogens is 327 g/mol. The van der Waals surface area contributed by atoms with E-state index in [4.69, 9.17) is 4.74 Å². The first kappa shape index (κ1) is 16.7. The molecule has 1 N–H and O–H groups in total. The number of aromatic amines is 1. The lowest BCUT2D eigenvalue weighted by molar-refractivity contribution is -0.137. The van der Waals surface area contributed by atoms with Crippen LogP contribution in [0.15, 0.2) is 27.8 Å². The van der Waals surface area contributed by atoms with E-state index in [1.54, 1.807) is 0 Å². The Morgan fingerprint density at radius 3 is 2.50 bits per heavy atom. The molecule has 2 heterocycles. The lowest BCUT2D eigenvalue weighted by atomic mass is 10.2. The Morgan fingerprint density at radius 2 is 1.83 bits per heavy atom. The molecule has 0 atom stereocenters. The average Bonchev–Trinajstić information content (AvgIpc) is 2.55. The number of H-pyrrole nitrogens is 1. The third-order valence-electron chi connectivity index (χ3n) is 4.05. The lowest BCUT2D eigenvalue weighted by Gasteiger charge is -2.26. The van der Waals surface area contributed by atoms with Crippen molar-refractivity contribution in [1.29, 1.82) is 0 Å². The maximum atomic E-state index is 12.8. The molecule has 1 aliphatic heterocycles. The second kappa shape index (κ2) is 6.40. The average molecular weight is 343 g/mol. The number of rotatable bonds is 3. The number of benzene rings is 1. The molecular formula is C15H16F3N3O3. The molecule has 9 heteroatoms. The molecule has 1 saturated heterocycles. The Labute approximate surface area is 134 Å². The van der Waals surface area contributed by atoms with Gasteiger partial charge in [-0.25, -0.2) is 0 Å². The second-order valence-electron chi connectivity index (χ2n) is 5.59. The molecule has 0 bridgehead atoms. The normalized spacial score (nSPS) is 16.6. The van der Waals surface area contributed by atoms with E-state index in [2.05, 4.69) is 9.88 Å². The zero-order valence-electron chi connectivity index (χ0n) is 12.7. The van der Waals surface area contributed by atoms with Gasteiger partial charge in [0.05, 0.1) is 29.8 Å². The number of aromatic nitrogens is 2. The maximum absolute atomic E-state index is 12.8. The number of fused-ring (bicyclic) bond motifs is 1. The monoisotopic (exact) mass is 343 g/mol. The van der Waals surface area contributed by atoms with Gasteiger partial charge in [0.15, 0.2) is 0 Å². The van der Waals surface area contributed by atoms with Crippen LogP contribution in [0, 0.1) is 0 Å². The fourth-order valence-corrected chi connectivity index (χ4v) is 2.74. The van der Waals surface area contributed by atoms with Crippen LogP contribution in [0.2, 0.25) is 0 Å². The predicted octanol–water partition coefficient (Wildman–Crippen LogP) is 1.04. The Morgan fingerprint density at radius 1 is 1.12 bits per heavy atom. The highest BCUT2D eigenvalue weighted by Gasteiger charge is 2.30. The first-order valence-electron chi connectivity index (χ1n) is 7.50. The fourth-order valence-electron chi connectivity index (χ4n) is 2.74. The number of nitrogens with one attached hydrogen (secondary N) is 1. The minimum atomic E-state index is -4.51. The molecule has 6 nitrogen and oxygen atoms in total. The van der Waals surface area contributed by atoms with E-state index in [1.165, 1.54) is 10.6 Å². The van der Waals surface area contributed by atoms with E-state index in [0.717, 1.165) is 12.1 Å². The zero-order valence-corrected chi connectivity index (χ0v) is 12.7. The Hall–Kier alpha value is -2.13. The first-order chi connectivity index (χ1) is 11.4. The van der Waals surface area contributed by atoms with Crippen molar-refractivity contribution in [2.24, 2.45) is 0 Å². The van der Waals surface area contributed by atoms with E-state index < -0.39 is 22.9 Å². The number of morpholine rings is 1. The van der Waals surface area contributed by atoms with Crippen LogP contribution >= 0.6 is 0 Å². The predicted molar refractivity (Wildman–Crippen MR) is 81.1 cm³/mol. The van der Waals surface area contributed by atoms with Gasteiger partial charge >= 0.3 is 17.3 Å². The summed E-state index contributed by atoms with van der Waals surface area (Å²) in [6.07, 6.45) is -4.51. The van der Waals surface area contributed by atoms with E-state index in [1.807, 2.05) is 0 Å². The van der Waals surface area contributed by atoms with Crippen LogP contribution in [-0.2, 0) is 17.5 Å². The molecule has 0 aliphatic carbocycles. The van der Waals surface area contributed by atoms with Gasteiger partial charge in [-0.2, -0.15) is 13.2 Å². The summed E-state index contributed by atoms with van der Waals surface area (Å²) in [5, 5.41) is 0. The van der Waals surface area contributed by atoms with Crippen molar-refractivity contribution >= 4 is 11.0 Å². The van der Waals surface area contributed by atoms with Gasteiger partial charge in [-0.3, -0.25) is 14.5 Å². The Bertz CT molecular complexity index is 851. The minimum absolute atomic E-state index is 0.00333. The highest BCUT2D eigenvalue weighted by atomic mass is 19.4. The standard InChI is InChI=1S/C15H16F3N3O3/c16-15(17,18)10-1-2-12-11(9-10)19-13(22)14(23)21(12)4-3-20-5-7-24-8-6-20/h1-2,9H,3-8H2,(H,19,22). The number of nitrogens with zero attached hydrogens (tertiary/aromatic N) is 2. The molecule has 0 spiro atoms. The Kier molecular flexibility index (Phi) is 4.46. The summed E-state index contributed by atoms with van der Waals surface area (Å²) in [6.45, 7) is 3.37. The lowest BCUT2D eigenvalue weighted by Crippen LogP contribution is -2.42. The molecule has 1 aromatic heterocycles. The molecule has 1 aliphatic rings. The van der Waals surface area contributed by atoms with Crippen molar-refractivity contribution in [2.75, 3.05) is 32.8 Å². The molecule has 3 rings (SSSR count). The van der Waals surface area contributed by atoms with Gasteiger partial charge in [0, 0.05) is 26.2 Å². The summed E-state index contributed by atoms with van der Waals surface area (Å²) in [6, 6.07) is 2.97. The number of hydrogen-bond acceptors (Lipinski definition) is 4. The molecule has 0 saturated carbocycles. The summed E-state index contributed by atoms with van der Waals surface area (Å²) in [5.41, 5.74) is -2.29. The van der Waals surface area contributed by atoms with Crippen LogP contribution in [0.1, 0.15) is 5.56 Å². The topological polar surface area (TPSA) is 67.3 Å². The Balaban J connectivity index is 1.97. The van der Waals surface area contributed by atoms with Gasteiger partial charge in [0.1, 0.15) is 0 Å². The van der Waals surface area contributed by atoms with Gasteiger partial charge in [-0.05, 0) is 18.2 Å². The first-order valence-corrected chi connectivity index (χ1v) is 7.50. The molecule has 0 amide bonds. The molecule has 0 unspecified atom stereocenters. The van der Waals surface area contributed by atoms with Gasteiger partial charge in [-0.15, -0.1) is 0 Å². The zero-order chi connectivity index (χ0) is 17.3.